The number of anilines is 2. The molecule has 1 heterocycles. The van der Waals surface area contributed by atoms with Crippen molar-refractivity contribution in [3.8, 4) is 0 Å². The number of hydrogen-bond acceptors (Lipinski definition) is 4. The summed E-state index contributed by atoms with van der Waals surface area (Å²) >= 11 is 0. The number of H-pyrrole nitrogens is 1. The Morgan fingerprint density at radius 2 is 2.40 bits per heavy atom. The molecular weight excluding hydrogens is 192 g/mol. The number of nitrogen functional groups attached to an aromatic ring is 1. The van der Waals surface area contributed by atoms with Crippen LogP contribution in [0.4, 0.5) is 11.5 Å². The van der Waals surface area contributed by atoms with Crippen molar-refractivity contribution < 1.29 is 0 Å². The molecule has 0 aromatic carbocycles. The predicted molar refractivity (Wildman–Crippen MR) is 59.7 cm³/mol. The molecule has 4 N–H and O–H groups in total. The highest BCUT2D eigenvalue weighted by atomic mass is 16.1. The van der Waals surface area contributed by atoms with Gasteiger partial charge in [0.15, 0.2) is 5.82 Å². The highest BCUT2D eigenvalue weighted by molar-refractivity contribution is 5.59. The zero-order valence-corrected chi connectivity index (χ0v) is 8.79. The molecule has 0 aliphatic heterocycles. The van der Waals surface area contributed by atoms with Crippen molar-refractivity contribution in [3.05, 3.63) is 16.7 Å². The van der Waals surface area contributed by atoms with Gasteiger partial charge in [0.2, 0.25) is 0 Å². The molecule has 1 fully saturated rings. The minimum absolute atomic E-state index is 0.177. The van der Waals surface area contributed by atoms with Crippen LogP contribution < -0.4 is 16.6 Å². The second-order valence-electron chi connectivity index (χ2n) is 4.15. The summed E-state index contributed by atoms with van der Waals surface area (Å²) in [6.45, 7) is 2.20. The van der Waals surface area contributed by atoms with E-state index in [-0.39, 0.29) is 11.2 Å². The van der Waals surface area contributed by atoms with Gasteiger partial charge in [-0.25, -0.2) is 4.98 Å². The number of nitrogens with two attached hydrogens (primary N) is 1. The molecule has 2 rings (SSSR count). The Hall–Kier alpha value is -1.52. The van der Waals surface area contributed by atoms with Crippen molar-refractivity contribution in [2.75, 3.05) is 11.1 Å². The zero-order chi connectivity index (χ0) is 10.8. The van der Waals surface area contributed by atoms with Crippen LogP contribution in [0, 0.1) is 5.92 Å². The molecule has 1 aromatic heterocycles. The van der Waals surface area contributed by atoms with Crippen LogP contribution in [0.3, 0.4) is 0 Å². The summed E-state index contributed by atoms with van der Waals surface area (Å²) in [5, 5.41) is 3.24. The molecule has 0 radical (unpaired) electrons. The fourth-order valence-corrected chi connectivity index (χ4v) is 2.06. The van der Waals surface area contributed by atoms with Crippen LogP contribution in [0.1, 0.15) is 26.2 Å². The minimum atomic E-state index is -0.279. The Balaban J connectivity index is 2.17. The first-order valence-electron chi connectivity index (χ1n) is 5.28. The molecule has 0 amide bonds. The topological polar surface area (TPSA) is 83.8 Å². The maximum absolute atomic E-state index is 11.2. The van der Waals surface area contributed by atoms with E-state index in [1.807, 2.05) is 0 Å². The van der Waals surface area contributed by atoms with Crippen molar-refractivity contribution in [2.24, 2.45) is 5.92 Å². The van der Waals surface area contributed by atoms with Gasteiger partial charge < -0.3 is 16.0 Å². The quantitative estimate of drug-likeness (QED) is 0.675. The summed E-state index contributed by atoms with van der Waals surface area (Å²) in [5.74, 6) is 1.13. The molecule has 2 atom stereocenters. The van der Waals surface area contributed by atoms with Gasteiger partial charge in [0.05, 0.1) is 6.33 Å². The minimum Gasteiger partial charge on any atom is -0.391 e. The number of aromatic amines is 1. The maximum atomic E-state index is 11.2. The second kappa shape index (κ2) is 3.92. The molecule has 0 spiro atoms. The highest BCUT2D eigenvalue weighted by Crippen LogP contribution is 2.27. The molecular formula is C10H16N4O. The van der Waals surface area contributed by atoms with Gasteiger partial charge >= 0.3 is 0 Å². The first kappa shape index (κ1) is 10.0. The Morgan fingerprint density at radius 3 is 3.07 bits per heavy atom. The first-order chi connectivity index (χ1) is 7.18. The molecule has 2 unspecified atom stereocenters. The van der Waals surface area contributed by atoms with E-state index in [0.717, 1.165) is 6.42 Å². The first-order valence-corrected chi connectivity index (χ1v) is 5.28. The van der Waals surface area contributed by atoms with Crippen molar-refractivity contribution >= 4 is 11.5 Å². The van der Waals surface area contributed by atoms with Crippen LogP contribution in [-0.2, 0) is 0 Å². The lowest BCUT2D eigenvalue weighted by Crippen LogP contribution is -2.25. The van der Waals surface area contributed by atoms with E-state index in [1.165, 1.54) is 19.2 Å². The summed E-state index contributed by atoms with van der Waals surface area (Å²) in [5.41, 5.74) is 5.54. The van der Waals surface area contributed by atoms with Crippen molar-refractivity contribution in [3.63, 3.8) is 0 Å². The van der Waals surface area contributed by atoms with Gasteiger partial charge in [-0.1, -0.05) is 13.3 Å². The smallest absolute Gasteiger partial charge is 0.276 e. The fraction of sp³-hybridized carbons (Fsp3) is 0.600. The summed E-state index contributed by atoms with van der Waals surface area (Å²) in [6, 6.07) is 0.390. The van der Waals surface area contributed by atoms with Crippen molar-refractivity contribution in [1.29, 1.82) is 0 Å². The number of aromatic nitrogens is 2. The fourth-order valence-electron chi connectivity index (χ4n) is 2.06. The van der Waals surface area contributed by atoms with E-state index in [1.54, 1.807) is 0 Å². The van der Waals surface area contributed by atoms with Crippen LogP contribution in [0.15, 0.2) is 11.1 Å². The van der Waals surface area contributed by atoms with E-state index in [2.05, 4.69) is 22.2 Å². The molecule has 5 nitrogen and oxygen atoms in total. The SMILES string of the molecule is CC1CCCC1Nc1nc[nH]c(=O)c1N. The largest absolute Gasteiger partial charge is 0.391 e. The lowest BCUT2D eigenvalue weighted by Gasteiger charge is -2.18. The number of nitrogens with zero attached hydrogens (tertiary/aromatic N) is 1. The summed E-state index contributed by atoms with van der Waals surface area (Å²) in [6.07, 6.45) is 4.94. The lowest BCUT2D eigenvalue weighted by atomic mass is 10.1. The standard InChI is InChI=1S/C10H16N4O/c1-6-3-2-4-7(6)14-9-8(11)10(15)13-5-12-9/h5-7H,2-4,11H2,1H3,(H2,12,13,14,15). The summed E-state index contributed by atoms with van der Waals surface area (Å²) < 4.78 is 0. The molecule has 1 aliphatic carbocycles. The highest BCUT2D eigenvalue weighted by Gasteiger charge is 2.24. The van der Waals surface area contributed by atoms with Crippen LogP contribution in [-0.4, -0.2) is 16.0 Å². The third-order valence-electron chi connectivity index (χ3n) is 3.07. The lowest BCUT2D eigenvalue weighted by molar-refractivity contribution is 0.555. The van der Waals surface area contributed by atoms with E-state index in [9.17, 15) is 4.79 Å². The van der Waals surface area contributed by atoms with Gasteiger partial charge in [-0.05, 0) is 18.8 Å². The van der Waals surface area contributed by atoms with Gasteiger partial charge in [0.25, 0.3) is 5.56 Å². The molecule has 0 saturated heterocycles. The number of nitrogens with one attached hydrogen (secondary N) is 2. The van der Waals surface area contributed by atoms with Crippen LogP contribution in [0.5, 0.6) is 0 Å². The van der Waals surface area contributed by atoms with Gasteiger partial charge in [-0.15, -0.1) is 0 Å². The molecule has 0 bridgehead atoms. The van der Waals surface area contributed by atoms with Crippen LogP contribution in [0.2, 0.25) is 0 Å². The van der Waals surface area contributed by atoms with E-state index >= 15 is 0 Å². The average molecular weight is 208 g/mol. The van der Waals surface area contributed by atoms with E-state index in [4.69, 9.17) is 5.73 Å². The Bertz CT molecular complexity index is 401. The van der Waals surface area contributed by atoms with Crippen molar-refractivity contribution in [1.82, 2.24) is 9.97 Å². The Labute approximate surface area is 88.1 Å². The van der Waals surface area contributed by atoms with Gasteiger partial charge in [-0.2, -0.15) is 0 Å². The van der Waals surface area contributed by atoms with Crippen molar-refractivity contribution in [2.45, 2.75) is 32.2 Å². The van der Waals surface area contributed by atoms with Crippen LogP contribution >= 0.6 is 0 Å². The summed E-state index contributed by atoms with van der Waals surface area (Å²) in [7, 11) is 0. The maximum Gasteiger partial charge on any atom is 0.276 e. The Morgan fingerprint density at radius 1 is 1.60 bits per heavy atom. The number of hydrogen-bond donors (Lipinski definition) is 3. The number of rotatable bonds is 2. The average Bonchev–Trinajstić information content (AvgIpc) is 2.60. The molecule has 1 aliphatic rings. The summed E-state index contributed by atoms with van der Waals surface area (Å²) in [4.78, 5) is 17.7. The third kappa shape index (κ3) is 1.95. The van der Waals surface area contributed by atoms with Gasteiger partial charge in [-0.3, -0.25) is 4.79 Å². The monoisotopic (exact) mass is 208 g/mol. The normalized spacial score (nSPS) is 25.4. The molecule has 1 saturated carbocycles. The molecule has 5 heteroatoms. The van der Waals surface area contributed by atoms with E-state index in [0.29, 0.717) is 17.8 Å². The molecule has 1 aromatic rings. The Kier molecular flexibility index (Phi) is 2.62. The molecule has 15 heavy (non-hydrogen) atoms. The third-order valence-corrected chi connectivity index (χ3v) is 3.07. The zero-order valence-electron chi connectivity index (χ0n) is 8.79. The van der Waals surface area contributed by atoms with Crippen LogP contribution in [0.25, 0.3) is 0 Å². The van der Waals surface area contributed by atoms with Gasteiger partial charge in [0, 0.05) is 6.04 Å². The van der Waals surface area contributed by atoms with E-state index < -0.39 is 0 Å². The molecule has 82 valence electrons. The predicted octanol–water partition coefficient (Wildman–Crippen LogP) is 0.953. The van der Waals surface area contributed by atoms with Gasteiger partial charge in [0.1, 0.15) is 5.69 Å². The second-order valence-corrected chi connectivity index (χ2v) is 4.15.